The maximum absolute atomic E-state index is 12.7. The number of benzene rings is 3. The van der Waals surface area contributed by atoms with Crippen LogP contribution < -0.4 is 15.6 Å². The van der Waals surface area contributed by atoms with Gasteiger partial charge < -0.3 is 19.8 Å². The molecule has 0 aliphatic rings. The van der Waals surface area contributed by atoms with Crippen LogP contribution in [-0.2, 0) is 4.74 Å². The molecular weight excluding hydrogens is 428 g/mol. The molecule has 3 aromatic carbocycles. The summed E-state index contributed by atoms with van der Waals surface area (Å²) in [6.07, 6.45) is -0.453. The molecule has 1 atom stereocenters. The number of rotatable bonds is 4. The number of fused-ring (bicyclic) bond motifs is 3. The van der Waals surface area contributed by atoms with Crippen molar-refractivity contribution in [3.63, 3.8) is 0 Å². The fourth-order valence-corrected chi connectivity index (χ4v) is 4.25. The normalized spacial score (nSPS) is 12.5. The van der Waals surface area contributed by atoms with Gasteiger partial charge in [0.1, 0.15) is 11.4 Å². The number of methoxy groups -OCH3 is 1. The first-order chi connectivity index (χ1) is 16.1. The first-order valence-corrected chi connectivity index (χ1v) is 11.3. The predicted molar refractivity (Wildman–Crippen MR) is 137 cm³/mol. The van der Waals surface area contributed by atoms with Crippen LogP contribution in [0.3, 0.4) is 0 Å². The number of aryl methyl sites for hydroxylation is 1. The number of H-pyrrole nitrogens is 1. The average Bonchev–Trinajstić information content (AvgIpc) is 2.78. The van der Waals surface area contributed by atoms with E-state index in [2.05, 4.69) is 10.3 Å². The number of amides is 1. The number of alkyl carbamates (subject to hydrolysis) is 1. The SMILES string of the molecule is COc1cc(C)c2[nH]c(=O)c3ccccc3c2c1-c1ccc([C@@H](C)NC(=O)OC(C)(C)C)cc1. The summed E-state index contributed by atoms with van der Waals surface area (Å²) >= 11 is 0. The lowest BCUT2D eigenvalue weighted by atomic mass is 9.92. The molecule has 176 valence electrons. The van der Waals surface area contributed by atoms with E-state index in [4.69, 9.17) is 9.47 Å². The third-order valence-electron chi connectivity index (χ3n) is 5.82. The van der Waals surface area contributed by atoms with Gasteiger partial charge in [0.15, 0.2) is 0 Å². The molecule has 0 radical (unpaired) electrons. The first-order valence-electron chi connectivity index (χ1n) is 11.3. The summed E-state index contributed by atoms with van der Waals surface area (Å²) in [5.74, 6) is 0.731. The zero-order valence-electron chi connectivity index (χ0n) is 20.4. The fourth-order valence-electron chi connectivity index (χ4n) is 4.25. The van der Waals surface area contributed by atoms with Crippen molar-refractivity contribution in [1.82, 2.24) is 10.3 Å². The highest BCUT2D eigenvalue weighted by Gasteiger charge is 2.20. The van der Waals surface area contributed by atoms with E-state index < -0.39 is 11.7 Å². The van der Waals surface area contributed by atoms with Crippen LogP contribution in [0, 0.1) is 6.92 Å². The summed E-state index contributed by atoms with van der Waals surface area (Å²) in [5, 5.41) is 5.33. The number of carbonyl (C=O) groups is 1. The summed E-state index contributed by atoms with van der Waals surface area (Å²) in [6, 6.07) is 17.3. The van der Waals surface area contributed by atoms with Crippen molar-refractivity contribution < 1.29 is 14.3 Å². The summed E-state index contributed by atoms with van der Waals surface area (Å²) in [7, 11) is 1.65. The number of carbonyl (C=O) groups excluding carboxylic acids is 1. The Morgan fingerprint density at radius 1 is 1.03 bits per heavy atom. The first kappa shape index (κ1) is 23.4. The highest BCUT2D eigenvalue weighted by Crippen LogP contribution is 2.41. The molecule has 4 rings (SSSR count). The summed E-state index contributed by atoms with van der Waals surface area (Å²) in [4.78, 5) is 27.9. The lowest BCUT2D eigenvalue weighted by Crippen LogP contribution is -2.34. The van der Waals surface area contributed by atoms with E-state index in [1.54, 1.807) is 7.11 Å². The predicted octanol–water partition coefficient (Wildman–Crippen LogP) is 6.25. The highest BCUT2D eigenvalue weighted by molar-refractivity contribution is 6.14. The number of ether oxygens (including phenoxy) is 2. The third kappa shape index (κ3) is 4.49. The van der Waals surface area contributed by atoms with Gasteiger partial charge in [-0.25, -0.2) is 4.79 Å². The second kappa shape index (κ2) is 8.86. The standard InChI is InChI=1S/C28H30N2O4/c1-16-15-22(33-6)23(24-20-9-7-8-10-21(20)26(31)30-25(16)24)19-13-11-18(12-14-19)17(2)29-27(32)34-28(3,4)5/h7-15,17H,1-6H3,(H,29,32)(H,30,31)/t17-/m1/s1. The quantitative estimate of drug-likeness (QED) is 0.354. The molecule has 0 saturated heterocycles. The second-order valence-electron chi connectivity index (χ2n) is 9.51. The zero-order chi connectivity index (χ0) is 24.6. The number of aromatic amines is 1. The molecular formula is C28H30N2O4. The topological polar surface area (TPSA) is 80.4 Å². The molecule has 0 saturated carbocycles. The fraction of sp³-hybridized carbons (Fsp3) is 0.286. The molecule has 4 aromatic rings. The third-order valence-corrected chi connectivity index (χ3v) is 5.82. The summed E-state index contributed by atoms with van der Waals surface area (Å²) < 4.78 is 11.1. The van der Waals surface area contributed by atoms with Crippen LogP contribution in [0.15, 0.2) is 59.4 Å². The van der Waals surface area contributed by atoms with Crippen LogP contribution in [0.1, 0.15) is 44.9 Å². The number of pyridine rings is 1. The molecule has 1 heterocycles. The molecule has 0 unspecified atom stereocenters. The van der Waals surface area contributed by atoms with Crippen molar-refractivity contribution in [2.24, 2.45) is 0 Å². The molecule has 0 spiro atoms. The van der Waals surface area contributed by atoms with Crippen molar-refractivity contribution in [2.75, 3.05) is 7.11 Å². The van der Waals surface area contributed by atoms with Gasteiger partial charge in [0.2, 0.25) is 0 Å². The van der Waals surface area contributed by atoms with Crippen LogP contribution in [-0.4, -0.2) is 23.8 Å². The van der Waals surface area contributed by atoms with Crippen molar-refractivity contribution in [3.05, 3.63) is 76.1 Å². The van der Waals surface area contributed by atoms with Crippen molar-refractivity contribution >= 4 is 27.8 Å². The number of nitrogens with one attached hydrogen (secondary N) is 2. The minimum absolute atomic E-state index is 0.111. The van der Waals surface area contributed by atoms with Crippen molar-refractivity contribution in [1.29, 1.82) is 0 Å². The van der Waals surface area contributed by atoms with Crippen LogP contribution in [0.2, 0.25) is 0 Å². The maximum atomic E-state index is 12.7. The Bertz CT molecular complexity index is 1430. The van der Waals surface area contributed by atoms with Gasteiger partial charge in [-0.15, -0.1) is 0 Å². The number of hydrogen-bond donors (Lipinski definition) is 2. The molecule has 0 aliphatic carbocycles. The smallest absolute Gasteiger partial charge is 0.408 e. The van der Waals surface area contributed by atoms with E-state index in [1.807, 2.05) is 89.2 Å². The molecule has 1 amide bonds. The van der Waals surface area contributed by atoms with Crippen molar-refractivity contribution in [2.45, 2.75) is 46.3 Å². The molecule has 34 heavy (non-hydrogen) atoms. The molecule has 0 aliphatic heterocycles. The lowest BCUT2D eigenvalue weighted by Gasteiger charge is -2.22. The van der Waals surface area contributed by atoms with Crippen molar-refractivity contribution in [3.8, 4) is 16.9 Å². The maximum Gasteiger partial charge on any atom is 0.408 e. The Kier molecular flexibility index (Phi) is 6.09. The van der Waals surface area contributed by atoms with Gasteiger partial charge in [0.05, 0.1) is 18.7 Å². The Morgan fingerprint density at radius 3 is 2.29 bits per heavy atom. The van der Waals surface area contributed by atoms with Crippen LogP contribution >= 0.6 is 0 Å². The highest BCUT2D eigenvalue weighted by atomic mass is 16.6. The molecule has 2 N–H and O–H groups in total. The molecule has 1 aromatic heterocycles. The largest absolute Gasteiger partial charge is 0.496 e. The van der Waals surface area contributed by atoms with Gasteiger partial charge in [0, 0.05) is 16.3 Å². The molecule has 0 fully saturated rings. The van der Waals surface area contributed by atoms with Gasteiger partial charge in [-0.3, -0.25) is 4.79 Å². The van der Waals surface area contributed by atoms with E-state index in [0.29, 0.717) is 5.39 Å². The molecule has 6 heteroatoms. The summed E-state index contributed by atoms with van der Waals surface area (Å²) in [5.41, 5.74) is 3.87. The Hall–Kier alpha value is -3.80. The van der Waals surface area contributed by atoms with Crippen LogP contribution in [0.5, 0.6) is 5.75 Å². The average molecular weight is 459 g/mol. The van der Waals surface area contributed by atoms with Gasteiger partial charge in [0.25, 0.3) is 5.56 Å². The van der Waals surface area contributed by atoms with E-state index >= 15 is 0 Å². The van der Waals surface area contributed by atoms with E-state index in [-0.39, 0.29) is 11.6 Å². The minimum Gasteiger partial charge on any atom is -0.496 e. The Morgan fingerprint density at radius 2 is 1.68 bits per heavy atom. The van der Waals surface area contributed by atoms with Gasteiger partial charge >= 0.3 is 6.09 Å². The van der Waals surface area contributed by atoms with Crippen LogP contribution in [0.4, 0.5) is 4.79 Å². The second-order valence-corrected chi connectivity index (χ2v) is 9.51. The Labute approximate surface area is 198 Å². The monoisotopic (exact) mass is 458 g/mol. The Balaban J connectivity index is 1.81. The van der Waals surface area contributed by atoms with E-state index in [0.717, 1.165) is 44.3 Å². The summed E-state index contributed by atoms with van der Waals surface area (Å²) in [6.45, 7) is 9.39. The van der Waals surface area contributed by atoms with Gasteiger partial charge in [-0.1, -0.05) is 42.5 Å². The van der Waals surface area contributed by atoms with Gasteiger partial charge in [-0.2, -0.15) is 0 Å². The van der Waals surface area contributed by atoms with E-state index in [9.17, 15) is 9.59 Å². The number of hydrogen-bond acceptors (Lipinski definition) is 4. The zero-order valence-corrected chi connectivity index (χ0v) is 20.4. The van der Waals surface area contributed by atoms with Crippen LogP contribution in [0.25, 0.3) is 32.8 Å². The number of aromatic nitrogens is 1. The molecule has 6 nitrogen and oxygen atoms in total. The minimum atomic E-state index is -0.555. The van der Waals surface area contributed by atoms with Gasteiger partial charge in [-0.05, 0) is 68.8 Å². The van der Waals surface area contributed by atoms with E-state index in [1.165, 1.54) is 0 Å². The lowest BCUT2D eigenvalue weighted by molar-refractivity contribution is 0.0508. The molecule has 0 bridgehead atoms.